The lowest BCUT2D eigenvalue weighted by Crippen LogP contribution is -2.36. The Kier molecular flexibility index (Phi) is 6.37. The van der Waals surface area contributed by atoms with E-state index in [1.165, 1.54) is 43.3 Å². The Morgan fingerprint density at radius 3 is 2.46 bits per heavy atom. The number of sulfonamides is 1. The number of carboxylic acid groups (broad SMARTS) is 1. The molecule has 2 aromatic carbocycles. The van der Waals surface area contributed by atoms with Gasteiger partial charge in [-0.15, -0.1) is 0 Å². The number of aliphatic carboxylic acids is 1. The molecular weight excluding hydrogens is 388 g/mol. The van der Waals surface area contributed by atoms with Crippen molar-refractivity contribution in [2.45, 2.75) is 11.8 Å². The summed E-state index contributed by atoms with van der Waals surface area (Å²) in [5.41, 5.74) is -0.0705. The van der Waals surface area contributed by atoms with E-state index in [1.54, 1.807) is 6.08 Å². The molecule has 28 heavy (non-hydrogen) atoms. The van der Waals surface area contributed by atoms with Crippen LogP contribution in [0.1, 0.15) is 5.56 Å². The van der Waals surface area contributed by atoms with Gasteiger partial charge >= 0.3 is 5.97 Å². The van der Waals surface area contributed by atoms with Crippen LogP contribution < -0.4 is 9.04 Å². The van der Waals surface area contributed by atoms with E-state index < -0.39 is 33.1 Å². The largest absolute Gasteiger partial charge is 0.490 e. The Labute approximate surface area is 161 Å². The molecule has 0 saturated heterocycles. The van der Waals surface area contributed by atoms with Crippen molar-refractivity contribution in [2.24, 2.45) is 0 Å². The van der Waals surface area contributed by atoms with Gasteiger partial charge in [-0.3, -0.25) is 19.2 Å². The maximum Gasteiger partial charge on any atom is 0.324 e. The molecule has 0 heterocycles. The SMILES string of the molecule is C=CCOc1ccc(N(CC(=O)O)S(=O)(=O)c2cc([N+](=O)[O-])ccc2C)cc1. The molecule has 0 fully saturated rings. The van der Waals surface area contributed by atoms with Gasteiger partial charge in [0.2, 0.25) is 0 Å². The number of non-ortho nitro benzene ring substituents is 1. The van der Waals surface area contributed by atoms with E-state index in [-0.39, 0.29) is 22.8 Å². The summed E-state index contributed by atoms with van der Waals surface area (Å²) in [6, 6.07) is 9.17. The molecule has 0 spiro atoms. The number of nitro groups is 1. The molecule has 0 atom stereocenters. The van der Waals surface area contributed by atoms with Crippen molar-refractivity contribution in [1.29, 1.82) is 0 Å². The average Bonchev–Trinajstić information content (AvgIpc) is 2.64. The van der Waals surface area contributed by atoms with Gasteiger partial charge in [-0.1, -0.05) is 18.7 Å². The number of anilines is 1. The lowest BCUT2D eigenvalue weighted by atomic mass is 10.2. The third-order valence-electron chi connectivity index (χ3n) is 3.72. The summed E-state index contributed by atoms with van der Waals surface area (Å²) in [5.74, 6) is -0.929. The van der Waals surface area contributed by atoms with E-state index in [0.717, 1.165) is 6.07 Å². The Balaban J connectivity index is 2.52. The Morgan fingerprint density at radius 2 is 1.93 bits per heavy atom. The van der Waals surface area contributed by atoms with Gasteiger partial charge in [0.15, 0.2) is 0 Å². The van der Waals surface area contributed by atoms with Crippen molar-refractivity contribution >= 4 is 27.4 Å². The second-order valence-corrected chi connectivity index (χ2v) is 7.54. The van der Waals surface area contributed by atoms with Crippen molar-refractivity contribution in [3.05, 3.63) is 70.8 Å². The van der Waals surface area contributed by atoms with Crippen LogP contribution in [-0.2, 0) is 14.8 Å². The Morgan fingerprint density at radius 1 is 1.29 bits per heavy atom. The number of aryl methyl sites for hydroxylation is 1. The summed E-state index contributed by atoms with van der Waals surface area (Å²) in [5, 5.41) is 20.2. The fraction of sp³-hybridized carbons (Fsp3) is 0.167. The predicted molar refractivity (Wildman–Crippen MR) is 102 cm³/mol. The second-order valence-electron chi connectivity index (χ2n) is 5.71. The minimum Gasteiger partial charge on any atom is -0.490 e. The molecule has 0 aromatic heterocycles. The maximum atomic E-state index is 13.1. The van der Waals surface area contributed by atoms with E-state index in [1.807, 2.05) is 0 Å². The number of carboxylic acids is 1. The highest BCUT2D eigenvalue weighted by atomic mass is 32.2. The summed E-state index contributed by atoms with van der Waals surface area (Å²) in [4.78, 5) is 21.2. The summed E-state index contributed by atoms with van der Waals surface area (Å²) in [7, 11) is -4.37. The molecule has 9 nitrogen and oxygen atoms in total. The van der Waals surface area contributed by atoms with Gasteiger partial charge in [0, 0.05) is 12.1 Å². The molecule has 0 aliphatic heterocycles. The van der Waals surface area contributed by atoms with Crippen LogP contribution in [0.4, 0.5) is 11.4 Å². The van der Waals surface area contributed by atoms with Crippen LogP contribution in [0.15, 0.2) is 60.0 Å². The fourth-order valence-electron chi connectivity index (χ4n) is 2.40. The first kappa shape index (κ1) is 20.9. The number of nitrogens with zero attached hydrogens (tertiary/aromatic N) is 2. The van der Waals surface area contributed by atoms with E-state index in [0.29, 0.717) is 10.1 Å². The topological polar surface area (TPSA) is 127 Å². The quantitative estimate of drug-likeness (QED) is 0.385. The maximum absolute atomic E-state index is 13.1. The molecule has 0 aliphatic rings. The molecule has 2 rings (SSSR count). The van der Waals surface area contributed by atoms with Crippen LogP contribution >= 0.6 is 0 Å². The van der Waals surface area contributed by atoms with Crippen LogP contribution in [0, 0.1) is 17.0 Å². The van der Waals surface area contributed by atoms with E-state index >= 15 is 0 Å². The number of benzene rings is 2. The van der Waals surface area contributed by atoms with Crippen LogP contribution in [0.3, 0.4) is 0 Å². The van der Waals surface area contributed by atoms with Crippen LogP contribution in [0.5, 0.6) is 5.75 Å². The molecule has 0 aliphatic carbocycles. The van der Waals surface area contributed by atoms with Crippen molar-refractivity contribution in [3.8, 4) is 5.75 Å². The molecule has 0 saturated carbocycles. The average molecular weight is 406 g/mol. The lowest BCUT2D eigenvalue weighted by molar-refractivity contribution is -0.385. The van der Waals surface area contributed by atoms with Gasteiger partial charge in [0.1, 0.15) is 18.9 Å². The van der Waals surface area contributed by atoms with Crippen molar-refractivity contribution in [1.82, 2.24) is 0 Å². The van der Waals surface area contributed by atoms with Crippen molar-refractivity contribution in [3.63, 3.8) is 0 Å². The van der Waals surface area contributed by atoms with E-state index in [2.05, 4.69) is 6.58 Å². The van der Waals surface area contributed by atoms with Crippen LogP contribution in [0.2, 0.25) is 0 Å². The van der Waals surface area contributed by atoms with Gasteiger partial charge in [0.25, 0.3) is 15.7 Å². The Hall–Kier alpha value is -3.40. The first-order chi connectivity index (χ1) is 13.2. The lowest BCUT2D eigenvalue weighted by Gasteiger charge is -2.23. The molecule has 0 bridgehead atoms. The molecular formula is C18H18N2O7S. The van der Waals surface area contributed by atoms with Crippen molar-refractivity contribution in [2.75, 3.05) is 17.5 Å². The molecule has 0 radical (unpaired) electrons. The zero-order chi connectivity index (χ0) is 20.9. The van der Waals surface area contributed by atoms with E-state index in [9.17, 15) is 28.4 Å². The third-order valence-corrected chi connectivity index (χ3v) is 5.64. The zero-order valence-corrected chi connectivity index (χ0v) is 15.8. The smallest absolute Gasteiger partial charge is 0.324 e. The number of ether oxygens (including phenoxy) is 1. The number of nitro benzene ring substituents is 1. The van der Waals surface area contributed by atoms with Gasteiger partial charge in [-0.25, -0.2) is 8.42 Å². The summed E-state index contributed by atoms with van der Waals surface area (Å²) in [6.45, 7) is 4.40. The number of hydrogen-bond acceptors (Lipinski definition) is 6. The Bertz CT molecular complexity index is 1000. The number of carbonyl (C=O) groups is 1. The van der Waals surface area contributed by atoms with Crippen LogP contribution in [-0.4, -0.2) is 37.6 Å². The van der Waals surface area contributed by atoms with Gasteiger partial charge in [-0.2, -0.15) is 0 Å². The standard InChI is InChI=1S/C18H18N2O7S/c1-3-10-27-16-8-6-14(7-9-16)19(12-18(21)22)28(25,26)17-11-15(20(23)24)5-4-13(17)2/h3-9,11H,1,10,12H2,2H3,(H,21,22). The minimum atomic E-state index is -4.37. The summed E-state index contributed by atoms with van der Waals surface area (Å²) >= 11 is 0. The highest BCUT2D eigenvalue weighted by Crippen LogP contribution is 2.29. The minimum absolute atomic E-state index is 0.0826. The van der Waals surface area contributed by atoms with Gasteiger partial charge in [-0.05, 0) is 36.8 Å². The zero-order valence-electron chi connectivity index (χ0n) is 14.9. The molecule has 0 unspecified atom stereocenters. The van der Waals surface area contributed by atoms with Crippen molar-refractivity contribution < 1.29 is 28.0 Å². The predicted octanol–water partition coefficient (Wildman–Crippen LogP) is 2.75. The monoisotopic (exact) mass is 406 g/mol. The van der Waals surface area contributed by atoms with E-state index in [4.69, 9.17) is 4.74 Å². The normalized spacial score (nSPS) is 10.9. The molecule has 1 N–H and O–H groups in total. The molecule has 148 valence electrons. The first-order valence-electron chi connectivity index (χ1n) is 8.00. The third kappa shape index (κ3) is 4.65. The molecule has 10 heteroatoms. The first-order valence-corrected chi connectivity index (χ1v) is 9.44. The fourth-order valence-corrected chi connectivity index (χ4v) is 4.06. The van der Waals surface area contributed by atoms with Gasteiger partial charge in [0.05, 0.1) is 15.5 Å². The summed E-state index contributed by atoms with van der Waals surface area (Å²) < 4.78 is 32.2. The highest BCUT2D eigenvalue weighted by Gasteiger charge is 2.30. The second kappa shape index (κ2) is 8.53. The summed E-state index contributed by atoms with van der Waals surface area (Å²) in [6.07, 6.45) is 1.54. The van der Waals surface area contributed by atoms with Crippen LogP contribution in [0.25, 0.3) is 0 Å². The highest BCUT2D eigenvalue weighted by molar-refractivity contribution is 7.93. The number of rotatable bonds is 9. The number of hydrogen-bond donors (Lipinski definition) is 1. The molecule has 0 amide bonds. The molecule has 2 aromatic rings. The van der Waals surface area contributed by atoms with Gasteiger partial charge < -0.3 is 9.84 Å².